The molecule has 3 aromatic rings. The Balaban J connectivity index is 1.54. The van der Waals surface area contributed by atoms with Crippen LogP contribution in [0.15, 0.2) is 42.5 Å². The van der Waals surface area contributed by atoms with Crippen molar-refractivity contribution in [1.82, 2.24) is 15.1 Å². The number of ketones is 1. The number of aryl methyl sites for hydroxylation is 2. The van der Waals surface area contributed by atoms with E-state index in [2.05, 4.69) is 10.4 Å². The molecule has 1 aromatic carbocycles. The van der Waals surface area contributed by atoms with Crippen molar-refractivity contribution >= 4 is 29.0 Å². The summed E-state index contributed by atoms with van der Waals surface area (Å²) >= 11 is 1.34. The minimum atomic E-state index is -0.550. The summed E-state index contributed by atoms with van der Waals surface area (Å²) in [7, 11) is 0. The van der Waals surface area contributed by atoms with Gasteiger partial charge in [0.25, 0.3) is 0 Å². The molecule has 0 saturated heterocycles. The number of rotatable bonds is 8. The molecule has 0 unspecified atom stereocenters. The van der Waals surface area contributed by atoms with Gasteiger partial charge in [0.2, 0.25) is 11.7 Å². The van der Waals surface area contributed by atoms with Crippen LogP contribution in [0, 0.1) is 13.8 Å². The van der Waals surface area contributed by atoms with Crippen LogP contribution in [0.25, 0.3) is 5.69 Å². The molecule has 0 saturated carbocycles. The molecular formula is C22H23N3O4S. The van der Waals surface area contributed by atoms with Crippen LogP contribution in [-0.2, 0) is 16.0 Å². The molecule has 7 nitrogen and oxygen atoms in total. The summed E-state index contributed by atoms with van der Waals surface area (Å²) in [5.41, 5.74) is 3.14. The van der Waals surface area contributed by atoms with Crippen LogP contribution in [0.5, 0.6) is 0 Å². The van der Waals surface area contributed by atoms with Gasteiger partial charge in [-0.15, -0.1) is 11.3 Å². The molecule has 1 N–H and O–H groups in total. The van der Waals surface area contributed by atoms with Crippen LogP contribution in [0.2, 0.25) is 0 Å². The third-order valence-corrected chi connectivity index (χ3v) is 5.56. The third kappa shape index (κ3) is 5.42. The Hall–Kier alpha value is -3.26. The molecule has 2 aromatic heterocycles. The van der Waals surface area contributed by atoms with Gasteiger partial charge < -0.3 is 10.1 Å². The number of thiophene rings is 1. The molecule has 0 aliphatic rings. The van der Waals surface area contributed by atoms with Crippen molar-refractivity contribution in [3.05, 3.63) is 69.2 Å². The van der Waals surface area contributed by atoms with Gasteiger partial charge in [-0.2, -0.15) is 5.10 Å². The first-order chi connectivity index (χ1) is 14.3. The number of nitrogens with one attached hydrogen (secondary N) is 1. The minimum Gasteiger partial charge on any atom is -0.454 e. The van der Waals surface area contributed by atoms with Gasteiger partial charge in [0.1, 0.15) is 0 Å². The van der Waals surface area contributed by atoms with Gasteiger partial charge in [0, 0.05) is 24.0 Å². The number of carbonyl (C=O) groups is 3. The predicted molar refractivity (Wildman–Crippen MR) is 114 cm³/mol. The highest BCUT2D eigenvalue weighted by Crippen LogP contribution is 2.18. The fourth-order valence-electron chi connectivity index (χ4n) is 2.94. The monoisotopic (exact) mass is 425 g/mol. The maximum Gasteiger partial charge on any atom is 0.338 e. The van der Waals surface area contributed by atoms with Gasteiger partial charge in [0.15, 0.2) is 6.61 Å². The molecule has 0 spiro atoms. The van der Waals surface area contributed by atoms with Gasteiger partial charge in [0.05, 0.1) is 21.8 Å². The second-order valence-corrected chi connectivity index (χ2v) is 8.05. The van der Waals surface area contributed by atoms with Gasteiger partial charge in [-0.25, -0.2) is 9.48 Å². The topological polar surface area (TPSA) is 90.3 Å². The molecular weight excluding hydrogens is 402 g/mol. The van der Waals surface area contributed by atoms with E-state index in [1.54, 1.807) is 35.0 Å². The number of Topliss-reactive ketones (excluding diaryl/α,β-unsaturated/α-hetero) is 1. The smallest absolute Gasteiger partial charge is 0.338 e. The maximum atomic E-state index is 12.3. The number of hydrogen-bond donors (Lipinski definition) is 1. The summed E-state index contributed by atoms with van der Waals surface area (Å²) in [6.45, 7) is 5.55. The molecule has 3 rings (SSSR count). The van der Waals surface area contributed by atoms with Crippen molar-refractivity contribution in [2.24, 2.45) is 0 Å². The molecule has 0 aliphatic heterocycles. The Labute approximate surface area is 178 Å². The van der Waals surface area contributed by atoms with Gasteiger partial charge >= 0.3 is 5.97 Å². The SMILES string of the molecule is CC(=O)NCCc1ccc(C(=O)COC(=O)c2ccc(-n3nc(C)cc3C)cc2)s1. The largest absolute Gasteiger partial charge is 0.454 e. The van der Waals surface area contributed by atoms with E-state index in [-0.39, 0.29) is 18.3 Å². The number of aromatic nitrogens is 2. The molecule has 30 heavy (non-hydrogen) atoms. The minimum absolute atomic E-state index is 0.0855. The number of benzene rings is 1. The van der Waals surface area contributed by atoms with Crippen molar-refractivity contribution in [1.29, 1.82) is 0 Å². The Kier molecular flexibility index (Phi) is 6.79. The lowest BCUT2D eigenvalue weighted by Crippen LogP contribution is -2.22. The molecule has 0 fully saturated rings. The van der Waals surface area contributed by atoms with E-state index in [0.29, 0.717) is 23.4 Å². The van der Waals surface area contributed by atoms with Gasteiger partial charge in [-0.3, -0.25) is 9.59 Å². The van der Waals surface area contributed by atoms with Crippen molar-refractivity contribution in [3.8, 4) is 5.69 Å². The van der Waals surface area contributed by atoms with Crippen LogP contribution in [0.4, 0.5) is 0 Å². The lowest BCUT2D eigenvalue weighted by molar-refractivity contribution is -0.118. The first-order valence-electron chi connectivity index (χ1n) is 9.50. The number of nitrogens with zero attached hydrogens (tertiary/aromatic N) is 2. The van der Waals surface area contributed by atoms with Crippen molar-refractivity contribution in [2.75, 3.05) is 13.2 Å². The van der Waals surface area contributed by atoms with Crippen LogP contribution in [0.1, 0.15) is 43.2 Å². The molecule has 0 atom stereocenters. The van der Waals surface area contributed by atoms with Crippen molar-refractivity contribution < 1.29 is 19.1 Å². The Morgan fingerprint density at radius 1 is 1.10 bits per heavy atom. The first kappa shape index (κ1) is 21.4. The van der Waals surface area contributed by atoms with E-state index >= 15 is 0 Å². The molecule has 8 heteroatoms. The van der Waals surface area contributed by atoms with E-state index in [1.165, 1.54) is 18.3 Å². The molecule has 0 bridgehead atoms. The van der Waals surface area contributed by atoms with Gasteiger partial charge in [-0.1, -0.05) is 0 Å². The highest BCUT2D eigenvalue weighted by atomic mass is 32.1. The quantitative estimate of drug-likeness (QED) is 0.442. The molecule has 0 aliphatic carbocycles. The van der Waals surface area contributed by atoms with Crippen LogP contribution in [-0.4, -0.2) is 40.6 Å². The van der Waals surface area contributed by atoms with E-state index in [1.807, 2.05) is 26.0 Å². The highest BCUT2D eigenvalue weighted by Gasteiger charge is 2.14. The van der Waals surface area contributed by atoms with Crippen LogP contribution in [0.3, 0.4) is 0 Å². The summed E-state index contributed by atoms with van der Waals surface area (Å²) in [4.78, 5) is 37.0. The van der Waals surface area contributed by atoms with Crippen LogP contribution >= 0.6 is 11.3 Å². The number of hydrogen-bond acceptors (Lipinski definition) is 6. The summed E-state index contributed by atoms with van der Waals surface area (Å²) in [6, 6.07) is 12.4. The highest BCUT2D eigenvalue weighted by molar-refractivity contribution is 7.14. The summed E-state index contributed by atoms with van der Waals surface area (Å²) in [5.74, 6) is -0.887. The standard InChI is InChI=1S/C22H23N3O4S/c1-14-12-15(2)25(24-14)18-6-4-17(5-7-18)22(28)29-13-20(27)21-9-8-19(30-21)10-11-23-16(3)26/h4-9,12H,10-11,13H2,1-3H3,(H,23,26). The Bertz CT molecular complexity index is 1070. The van der Waals surface area contributed by atoms with Crippen molar-refractivity contribution in [3.63, 3.8) is 0 Å². The summed E-state index contributed by atoms with van der Waals surface area (Å²) in [6.07, 6.45) is 0.652. The van der Waals surface area contributed by atoms with E-state index in [0.717, 1.165) is 22.0 Å². The number of esters is 1. The average Bonchev–Trinajstić information content (AvgIpc) is 3.31. The molecule has 156 valence electrons. The van der Waals surface area contributed by atoms with E-state index < -0.39 is 5.97 Å². The lowest BCUT2D eigenvalue weighted by atomic mass is 10.2. The summed E-state index contributed by atoms with van der Waals surface area (Å²) in [5, 5.41) is 7.13. The molecule has 2 heterocycles. The lowest BCUT2D eigenvalue weighted by Gasteiger charge is -2.06. The number of carbonyl (C=O) groups excluding carboxylic acids is 3. The number of ether oxygens (including phenoxy) is 1. The van der Waals surface area contributed by atoms with Crippen LogP contribution < -0.4 is 5.32 Å². The maximum absolute atomic E-state index is 12.3. The average molecular weight is 426 g/mol. The second kappa shape index (κ2) is 9.49. The zero-order chi connectivity index (χ0) is 21.7. The fourth-order valence-corrected chi connectivity index (χ4v) is 3.87. The Morgan fingerprint density at radius 3 is 2.47 bits per heavy atom. The molecule has 0 radical (unpaired) electrons. The zero-order valence-corrected chi connectivity index (χ0v) is 17.9. The van der Waals surface area contributed by atoms with Gasteiger partial charge in [-0.05, 0) is 62.7 Å². The summed E-state index contributed by atoms with van der Waals surface area (Å²) < 4.78 is 6.98. The Morgan fingerprint density at radius 2 is 1.83 bits per heavy atom. The van der Waals surface area contributed by atoms with E-state index in [9.17, 15) is 14.4 Å². The molecule has 1 amide bonds. The third-order valence-electron chi connectivity index (χ3n) is 4.37. The van der Waals surface area contributed by atoms with Crippen molar-refractivity contribution in [2.45, 2.75) is 27.2 Å². The first-order valence-corrected chi connectivity index (χ1v) is 10.3. The second-order valence-electron chi connectivity index (χ2n) is 6.88. The van der Waals surface area contributed by atoms with E-state index in [4.69, 9.17) is 4.74 Å². The zero-order valence-electron chi connectivity index (χ0n) is 17.1. The number of amides is 1. The fraction of sp³-hybridized carbons (Fsp3) is 0.273. The normalized spacial score (nSPS) is 10.6. The predicted octanol–water partition coefficient (Wildman–Crippen LogP) is 3.27.